The van der Waals surface area contributed by atoms with E-state index in [4.69, 9.17) is 17.3 Å². The topological polar surface area (TPSA) is 63.8 Å². The first kappa shape index (κ1) is 15.6. The molecule has 0 spiro atoms. The third kappa shape index (κ3) is 4.15. The van der Waals surface area contributed by atoms with Gasteiger partial charge in [0.05, 0.1) is 0 Å². The lowest BCUT2D eigenvalue weighted by molar-refractivity contribution is 1.03. The van der Waals surface area contributed by atoms with E-state index in [1.54, 1.807) is 0 Å². The molecule has 3 rings (SSSR count). The second kappa shape index (κ2) is 7.35. The molecule has 116 valence electrons. The molecule has 0 unspecified atom stereocenters. The minimum absolute atomic E-state index is 0.545. The van der Waals surface area contributed by atoms with Crippen LogP contribution in [0.2, 0.25) is 5.02 Å². The van der Waals surface area contributed by atoms with Crippen molar-refractivity contribution in [3.8, 4) is 0 Å². The van der Waals surface area contributed by atoms with Gasteiger partial charge in [-0.05, 0) is 29.8 Å². The number of hydrogen-bond donors (Lipinski definition) is 2. The number of halogens is 1. The number of nitrogens with one attached hydrogen (secondary N) is 1. The van der Waals surface area contributed by atoms with E-state index in [2.05, 4.69) is 15.3 Å². The van der Waals surface area contributed by atoms with Crippen LogP contribution in [-0.2, 0) is 6.54 Å². The second-order valence-corrected chi connectivity index (χ2v) is 6.33. The molecule has 0 saturated heterocycles. The van der Waals surface area contributed by atoms with Crippen molar-refractivity contribution in [1.29, 1.82) is 0 Å². The fraction of sp³-hybridized carbons (Fsp3) is 0.0588. The molecule has 1 heterocycles. The van der Waals surface area contributed by atoms with Crippen LogP contribution in [0.3, 0.4) is 0 Å². The molecule has 6 heteroatoms. The molecular formula is C17H15ClN4S. The second-order valence-electron chi connectivity index (χ2n) is 4.84. The minimum Gasteiger partial charge on any atom is -0.394 e. The number of benzene rings is 2. The molecule has 0 saturated carbocycles. The zero-order valence-corrected chi connectivity index (χ0v) is 13.8. The normalized spacial score (nSPS) is 10.5. The van der Waals surface area contributed by atoms with Crippen LogP contribution in [0.15, 0.2) is 70.8 Å². The van der Waals surface area contributed by atoms with Gasteiger partial charge in [0, 0.05) is 16.5 Å². The Morgan fingerprint density at radius 3 is 2.48 bits per heavy atom. The van der Waals surface area contributed by atoms with Crippen LogP contribution < -0.4 is 11.1 Å². The first-order valence-electron chi connectivity index (χ1n) is 7.04. The highest BCUT2D eigenvalue weighted by molar-refractivity contribution is 7.99. The van der Waals surface area contributed by atoms with Crippen molar-refractivity contribution < 1.29 is 0 Å². The Hall–Kier alpha value is -2.24. The predicted molar refractivity (Wildman–Crippen MR) is 95.8 cm³/mol. The Balaban J connectivity index is 1.74. The van der Waals surface area contributed by atoms with Gasteiger partial charge in [-0.3, -0.25) is 0 Å². The summed E-state index contributed by atoms with van der Waals surface area (Å²) in [6.07, 6.45) is 1.52. The average Bonchev–Trinajstić information content (AvgIpc) is 2.58. The molecule has 0 atom stereocenters. The van der Waals surface area contributed by atoms with Crippen LogP contribution >= 0.6 is 23.4 Å². The Bertz CT molecular complexity index is 778. The molecule has 3 aromatic rings. The molecule has 3 N–H and O–H groups in total. The van der Waals surface area contributed by atoms with Gasteiger partial charge in [-0.1, -0.05) is 53.7 Å². The molecule has 0 aliphatic rings. The molecule has 0 amide bonds. The van der Waals surface area contributed by atoms with Crippen molar-refractivity contribution in [3.05, 3.63) is 71.5 Å². The van der Waals surface area contributed by atoms with Crippen molar-refractivity contribution in [2.24, 2.45) is 0 Å². The predicted octanol–water partition coefficient (Wildman–Crippen LogP) is 4.48. The summed E-state index contributed by atoms with van der Waals surface area (Å²) >= 11 is 7.39. The summed E-state index contributed by atoms with van der Waals surface area (Å²) in [5.74, 6) is 0.639. The quantitative estimate of drug-likeness (QED) is 0.669. The van der Waals surface area contributed by atoms with Gasteiger partial charge >= 0.3 is 0 Å². The number of nitrogens with zero attached hydrogens (tertiary/aromatic N) is 2. The summed E-state index contributed by atoms with van der Waals surface area (Å²) in [5.41, 5.74) is 7.90. The fourth-order valence-electron chi connectivity index (χ4n) is 2.00. The minimum atomic E-state index is 0.545. The van der Waals surface area contributed by atoms with E-state index in [9.17, 15) is 0 Å². The van der Waals surface area contributed by atoms with Crippen molar-refractivity contribution in [2.75, 3.05) is 11.1 Å². The summed E-state index contributed by atoms with van der Waals surface area (Å²) in [5, 5.41) is 4.68. The highest BCUT2D eigenvalue weighted by atomic mass is 35.5. The molecule has 2 aromatic carbocycles. The maximum absolute atomic E-state index is 6.19. The number of hydrogen-bond acceptors (Lipinski definition) is 5. The van der Waals surface area contributed by atoms with E-state index in [-0.39, 0.29) is 0 Å². The number of rotatable bonds is 5. The van der Waals surface area contributed by atoms with E-state index in [1.807, 2.05) is 54.6 Å². The monoisotopic (exact) mass is 342 g/mol. The summed E-state index contributed by atoms with van der Waals surface area (Å²) in [7, 11) is 0. The van der Waals surface area contributed by atoms with E-state index < -0.39 is 0 Å². The Morgan fingerprint density at radius 1 is 1.00 bits per heavy atom. The zero-order valence-electron chi connectivity index (χ0n) is 12.2. The Kier molecular flexibility index (Phi) is 5.00. The number of nitrogens with two attached hydrogens (primary N) is 1. The van der Waals surface area contributed by atoms with Crippen LogP contribution in [0.1, 0.15) is 5.56 Å². The SMILES string of the molecule is Nc1c(NCc2ccccc2)ncnc1Sc1ccc(Cl)cc1. The summed E-state index contributed by atoms with van der Waals surface area (Å²) < 4.78 is 0. The molecule has 0 bridgehead atoms. The third-order valence-corrected chi connectivity index (χ3v) is 4.46. The standard InChI is InChI=1S/C17H15ClN4S/c18-13-6-8-14(9-7-13)23-17-15(19)16(21-11-22-17)20-10-12-4-2-1-3-5-12/h1-9,11H,10,19H2,(H,20,21,22). The summed E-state index contributed by atoms with van der Waals surface area (Å²) in [4.78, 5) is 9.52. The van der Waals surface area contributed by atoms with Crippen molar-refractivity contribution >= 4 is 34.9 Å². The maximum Gasteiger partial charge on any atom is 0.154 e. The van der Waals surface area contributed by atoms with Gasteiger partial charge < -0.3 is 11.1 Å². The Labute approximate surface area is 144 Å². The van der Waals surface area contributed by atoms with Gasteiger partial charge in [0.15, 0.2) is 5.82 Å². The van der Waals surface area contributed by atoms with Gasteiger partial charge in [0.25, 0.3) is 0 Å². The third-order valence-electron chi connectivity index (χ3n) is 3.18. The lowest BCUT2D eigenvalue weighted by Crippen LogP contribution is -2.06. The van der Waals surface area contributed by atoms with Gasteiger partial charge in [-0.15, -0.1) is 0 Å². The van der Waals surface area contributed by atoms with E-state index >= 15 is 0 Å². The zero-order chi connectivity index (χ0) is 16.1. The van der Waals surface area contributed by atoms with Crippen molar-refractivity contribution in [2.45, 2.75) is 16.5 Å². The van der Waals surface area contributed by atoms with Gasteiger partial charge in [0.1, 0.15) is 17.0 Å². The fourth-order valence-corrected chi connectivity index (χ4v) is 2.93. The Morgan fingerprint density at radius 2 is 1.74 bits per heavy atom. The van der Waals surface area contributed by atoms with E-state index in [0.29, 0.717) is 23.1 Å². The van der Waals surface area contributed by atoms with Gasteiger partial charge in [-0.25, -0.2) is 9.97 Å². The lowest BCUT2D eigenvalue weighted by Gasteiger charge is -2.11. The first-order chi connectivity index (χ1) is 11.2. The molecular weight excluding hydrogens is 328 g/mol. The number of aromatic nitrogens is 2. The van der Waals surface area contributed by atoms with Crippen LogP contribution in [0.4, 0.5) is 11.5 Å². The molecule has 0 aliphatic carbocycles. The van der Waals surface area contributed by atoms with Crippen molar-refractivity contribution in [1.82, 2.24) is 9.97 Å². The van der Waals surface area contributed by atoms with Crippen LogP contribution in [0.25, 0.3) is 0 Å². The summed E-state index contributed by atoms with van der Waals surface area (Å²) in [6.45, 7) is 0.660. The number of nitrogen functional groups attached to an aromatic ring is 1. The molecule has 4 nitrogen and oxygen atoms in total. The molecule has 1 aromatic heterocycles. The highest BCUT2D eigenvalue weighted by Crippen LogP contribution is 2.33. The summed E-state index contributed by atoms with van der Waals surface area (Å²) in [6, 6.07) is 17.7. The molecule has 0 radical (unpaired) electrons. The number of anilines is 2. The smallest absolute Gasteiger partial charge is 0.154 e. The lowest BCUT2D eigenvalue weighted by atomic mass is 10.2. The maximum atomic E-state index is 6.19. The van der Waals surface area contributed by atoms with Gasteiger partial charge in [-0.2, -0.15) is 0 Å². The molecule has 0 fully saturated rings. The van der Waals surface area contributed by atoms with Gasteiger partial charge in [0.2, 0.25) is 0 Å². The largest absolute Gasteiger partial charge is 0.394 e. The van der Waals surface area contributed by atoms with Crippen LogP contribution in [0, 0.1) is 0 Å². The molecule has 23 heavy (non-hydrogen) atoms. The molecule has 0 aliphatic heterocycles. The van der Waals surface area contributed by atoms with Crippen LogP contribution in [-0.4, -0.2) is 9.97 Å². The van der Waals surface area contributed by atoms with Crippen molar-refractivity contribution in [3.63, 3.8) is 0 Å². The highest BCUT2D eigenvalue weighted by Gasteiger charge is 2.09. The first-order valence-corrected chi connectivity index (χ1v) is 8.23. The average molecular weight is 343 g/mol. The van der Waals surface area contributed by atoms with E-state index in [1.165, 1.54) is 18.1 Å². The van der Waals surface area contributed by atoms with E-state index in [0.717, 1.165) is 15.5 Å². The van der Waals surface area contributed by atoms with Crippen LogP contribution in [0.5, 0.6) is 0 Å².